The van der Waals surface area contributed by atoms with Gasteiger partial charge in [0.1, 0.15) is 5.75 Å². The number of benzene rings is 1. The first-order valence-electron chi connectivity index (χ1n) is 9.30. The summed E-state index contributed by atoms with van der Waals surface area (Å²) in [4.78, 5) is 17.0. The van der Waals surface area contributed by atoms with Gasteiger partial charge in [-0.3, -0.25) is 9.89 Å². The molecule has 2 aromatic rings. The van der Waals surface area contributed by atoms with Crippen LogP contribution in [-0.4, -0.2) is 39.5 Å². The molecule has 1 aliphatic carbocycles. The lowest BCUT2D eigenvalue weighted by Crippen LogP contribution is -2.39. The molecule has 0 saturated heterocycles. The first-order valence-corrected chi connectivity index (χ1v) is 10.6. The van der Waals surface area contributed by atoms with Crippen LogP contribution < -0.4 is 10.1 Å². The Morgan fingerprint density at radius 1 is 1.33 bits per heavy atom. The van der Waals surface area contributed by atoms with Crippen molar-refractivity contribution in [2.75, 3.05) is 7.11 Å². The highest BCUT2D eigenvalue weighted by Crippen LogP contribution is 2.31. The van der Waals surface area contributed by atoms with Crippen molar-refractivity contribution in [1.82, 2.24) is 20.5 Å². The van der Waals surface area contributed by atoms with Crippen molar-refractivity contribution in [3.05, 3.63) is 23.2 Å². The van der Waals surface area contributed by atoms with Crippen LogP contribution in [0.15, 0.2) is 23.4 Å². The summed E-state index contributed by atoms with van der Waals surface area (Å²) in [6.07, 6.45) is 7.06. The predicted octanol–water partition coefficient (Wildman–Crippen LogP) is 4.45. The first-order chi connectivity index (χ1) is 13.1. The van der Waals surface area contributed by atoms with Gasteiger partial charge in [-0.2, -0.15) is 0 Å². The van der Waals surface area contributed by atoms with Gasteiger partial charge < -0.3 is 10.1 Å². The van der Waals surface area contributed by atoms with Crippen LogP contribution in [0.1, 0.15) is 45.4 Å². The molecule has 0 aliphatic heterocycles. The Kier molecular flexibility index (Phi) is 7.01. The molecule has 1 aromatic carbocycles. The van der Waals surface area contributed by atoms with Crippen molar-refractivity contribution in [1.29, 1.82) is 0 Å². The minimum Gasteiger partial charge on any atom is -0.496 e. The van der Waals surface area contributed by atoms with Crippen molar-refractivity contribution in [2.24, 2.45) is 0 Å². The minimum atomic E-state index is -0.266. The molecule has 1 aromatic heterocycles. The second-order valence-electron chi connectivity index (χ2n) is 6.77. The van der Waals surface area contributed by atoms with Crippen LogP contribution in [-0.2, 0) is 4.79 Å². The van der Waals surface area contributed by atoms with Gasteiger partial charge in [0, 0.05) is 11.1 Å². The SMILES string of the molecule is COc1ccc(Cl)cc1-c1nc(S[C@@H](C)C(=O)NC2CCCCCC2)n[nH]1. The Balaban J connectivity index is 1.63. The highest BCUT2D eigenvalue weighted by atomic mass is 35.5. The number of nitrogens with zero attached hydrogens (tertiary/aromatic N) is 2. The van der Waals surface area contributed by atoms with Crippen molar-refractivity contribution in [3.63, 3.8) is 0 Å². The average Bonchev–Trinajstić information content (AvgIpc) is 2.97. The average molecular weight is 409 g/mol. The molecule has 1 aliphatic rings. The van der Waals surface area contributed by atoms with E-state index in [1.54, 1.807) is 25.3 Å². The molecule has 1 atom stereocenters. The Hall–Kier alpha value is -1.73. The zero-order valence-electron chi connectivity index (χ0n) is 15.6. The fourth-order valence-electron chi connectivity index (χ4n) is 3.24. The maximum Gasteiger partial charge on any atom is 0.233 e. The van der Waals surface area contributed by atoms with Crippen LogP contribution in [0.2, 0.25) is 5.02 Å². The second kappa shape index (κ2) is 9.46. The Morgan fingerprint density at radius 2 is 2.07 bits per heavy atom. The summed E-state index contributed by atoms with van der Waals surface area (Å²) in [6.45, 7) is 1.88. The van der Waals surface area contributed by atoms with Crippen molar-refractivity contribution in [2.45, 2.75) is 61.9 Å². The van der Waals surface area contributed by atoms with E-state index in [2.05, 4.69) is 20.5 Å². The lowest BCUT2D eigenvalue weighted by Gasteiger charge is -2.18. The number of methoxy groups -OCH3 is 1. The number of aromatic amines is 1. The fraction of sp³-hybridized carbons (Fsp3) is 0.526. The Bertz CT molecular complexity index is 775. The molecule has 8 heteroatoms. The van der Waals surface area contributed by atoms with Crippen LogP contribution in [0.4, 0.5) is 0 Å². The molecule has 146 valence electrons. The van der Waals surface area contributed by atoms with E-state index in [1.165, 1.54) is 37.4 Å². The van der Waals surface area contributed by atoms with Crippen LogP contribution in [0, 0.1) is 0 Å². The number of nitrogens with one attached hydrogen (secondary N) is 2. The molecule has 1 heterocycles. The third kappa shape index (κ3) is 5.39. The number of hydrogen-bond acceptors (Lipinski definition) is 5. The molecule has 27 heavy (non-hydrogen) atoms. The number of halogens is 1. The summed E-state index contributed by atoms with van der Waals surface area (Å²) in [5, 5.41) is 11.2. The molecule has 1 saturated carbocycles. The number of ether oxygens (including phenoxy) is 1. The summed E-state index contributed by atoms with van der Waals surface area (Å²) in [6, 6.07) is 5.62. The largest absolute Gasteiger partial charge is 0.496 e. The maximum atomic E-state index is 12.5. The Labute approximate surface area is 168 Å². The predicted molar refractivity (Wildman–Crippen MR) is 108 cm³/mol. The van der Waals surface area contributed by atoms with E-state index >= 15 is 0 Å². The van der Waals surface area contributed by atoms with Gasteiger partial charge in [-0.05, 0) is 38.0 Å². The van der Waals surface area contributed by atoms with E-state index in [1.807, 2.05) is 6.92 Å². The Morgan fingerprint density at radius 3 is 2.78 bits per heavy atom. The van der Waals surface area contributed by atoms with Crippen LogP contribution in [0.3, 0.4) is 0 Å². The first kappa shape index (κ1) is 20.0. The lowest BCUT2D eigenvalue weighted by molar-refractivity contribution is -0.121. The summed E-state index contributed by atoms with van der Waals surface area (Å²) < 4.78 is 5.36. The van der Waals surface area contributed by atoms with E-state index in [9.17, 15) is 4.79 Å². The molecule has 1 fully saturated rings. The molecule has 0 radical (unpaired) electrons. The van der Waals surface area contributed by atoms with Gasteiger partial charge in [0.15, 0.2) is 5.82 Å². The van der Waals surface area contributed by atoms with E-state index < -0.39 is 0 Å². The zero-order chi connectivity index (χ0) is 19.2. The van der Waals surface area contributed by atoms with Gasteiger partial charge in [-0.15, -0.1) is 5.10 Å². The van der Waals surface area contributed by atoms with E-state index in [4.69, 9.17) is 16.3 Å². The second-order valence-corrected chi connectivity index (χ2v) is 8.51. The smallest absolute Gasteiger partial charge is 0.233 e. The zero-order valence-corrected chi connectivity index (χ0v) is 17.2. The monoisotopic (exact) mass is 408 g/mol. The number of rotatable bonds is 6. The van der Waals surface area contributed by atoms with Gasteiger partial charge in [-0.25, -0.2) is 4.98 Å². The van der Waals surface area contributed by atoms with Crippen LogP contribution in [0.25, 0.3) is 11.4 Å². The number of thioether (sulfide) groups is 1. The molecular weight excluding hydrogens is 384 g/mol. The molecular formula is C19H25ClN4O2S. The molecule has 0 spiro atoms. The molecule has 2 N–H and O–H groups in total. The lowest BCUT2D eigenvalue weighted by atomic mass is 10.1. The molecule has 0 bridgehead atoms. The summed E-state index contributed by atoms with van der Waals surface area (Å²) in [7, 11) is 1.60. The molecule has 1 amide bonds. The highest BCUT2D eigenvalue weighted by molar-refractivity contribution is 8.00. The highest BCUT2D eigenvalue weighted by Gasteiger charge is 2.21. The normalized spacial score (nSPS) is 16.6. The third-order valence-corrected chi connectivity index (χ3v) is 5.93. The molecule has 6 nitrogen and oxygen atoms in total. The molecule has 3 rings (SSSR count). The summed E-state index contributed by atoms with van der Waals surface area (Å²) in [5.74, 6) is 1.26. The minimum absolute atomic E-state index is 0.0404. The van der Waals surface area contributed by atoms with Crippen LogP contribution >= 0.6 is 23.4 Å². The van der Waals surface area contributed by atoms with Crippen molar-refractivity contribution in [3.8, 4) is 17.1 Å². The number of hydrogen-bond donors (Lipinski definition) is 2. The number of aromatic nitrogens is 3. The number of carbonyl (C=O) groups is 1. The van der Waals surface area contributed by atoms with Gasteiger partial charge in [0.25, 0.3) is 0 Å². The summed E-state index contributed by atoms with van der Waals surface area (Å²) in [5.41, 5.74) is 0.736. The van der Waals surface area contributed by atoms with Crippen molar-refractivity contribution < 1.29 is 9.53 Å². The molecule has 0 unspecified atom stereocenters. The summed E-state index contributed by atoms with van der Waals surface area (Å²) >= 11 is 7.42. The maximum absolute atomic E-state index is 12.5. The van der Waals surface area contributed by atoms with E-state index in [-0.39, 0.29) is 11.2 Å². The van der Waals surface area contributed by atoms with Gasteiger partial charge in [0.05, 0.1) is 17.9 Å². The van der Waals surface area contributed by atoms with Crippen molar-refractivity contribution >= 4 is 29.3 Å². The topological polar surface area (TPSA) is 79.9 Å². The fourth-order valence-corrected chi connectivity index (χ4v) is 4.14. The number of H-pyrrole nitrogens is 1. The number of amides is 1. The van der Waals surface area contributed by atoms with Crippen LogP contribution in [0.5, 0.6) is 5.75 Å². The standard InChI is InChI=1S/C19H25ClN4O2S/c1-12(18(25)21-14-7-5-3-4-6-8-14)27-19-22-17(23-24-19)15-11-13(20)9-10-16(15)26-2/h9-12,14H,3-8H2,1-2H3,(H,21,25)(H,22,23,24)/t12-/m0/s1. The van der Waals surface area contributed by atoms with E-state index in [0.717, 1.165) is 18.4 Å². The van der Waals surface area contributed by atoms with Gasteiger partial charge >= 0.3 is 0 Å². The third-order valence-electron chi connectivity index (χ3n) is 4.73. The quantitative estimate of drug-likeness (QED) is 0.545. The number of carbonyl (C=O) groups excluding carboxylic acids is 1. The van der Waals surface area contributed by atoms with E-state index in [0.29, 0.717) is 27.8 Å². The van der Waals surface area contributed by atoms with Gasteiger partial charge in [0.2, 0.25) is 11.1 Å². The van der Waals surface area contributed by atoms with Gasteiger partial charge in [-0.1, -0.05) is 49.0 Å².